The Hall–Kier alpha value is -1.86. The number of nitrogens with zero attached hydrogens (tertiary/aromatic N) is 2. The summed E-state index contributed by atoms with van der Waals surface area (Å²) in [5.41, 5.74) is 0.164. The van der Waals surface area contributed by atoms with Crippen LogP contribution in [0, 0.1) is 11.7 Å². The largest absolute Gasteiger partial charge is 0.337 e. The van der Waals surface area contributed by atoms with Crippen molar-refractivity contribution in [3.63, 3.8) is 0 Å². The van der Waals surface area contributed by atoms with E-state index in [-0.39, 0.29) is 42.0 Å². The molecule has 1 aromatic rings. The number of nitrogens with one attached hydrogen (secondary N) is 2. The van der Waals surface area contributed by atoms with Gasteiger partial charge in [-0.25, -0.2) is 9.18 Å². The maximum atomic E-state index is 13.7. The average Bonchev–Trinajstić information content (AvgIpc) is 2.63. The zero-order valence-electron chi connectivity index (χ0n) is 14.9. The van der Waals surface area contributed by atoms with Crippen molar-refractivity contribution in [1.29, 1.82) is 0 Å². The number of hydrogen-bond acceptors (Lipinski definition) is 3. The SMILES string of the molecule is C[C@@H]1CNCCN1C(=O)C1CCCN(C(=O)Nc2ccccc2F)C1.Cl. The zero-order chi connectivity index (χ0) is 17.8. The Morgan fingerprint density at radius 2 is 2.04 bits per heavy atom. The lowest BCUT2D eigenvalue weighted by Crippen LogP contribution is -2.56. The third-order valence-electron chi connectivity index (χ3n) is 4.96. The van der Waals surface area contributed by atoms with Crippen molar-refractivity contribution in [2.45, 2.75) is 25.8 Å². The molecule has 3 rings (SSSR count). The molecule has 2 aliphatic heterocycles. The van der Waals surface area contributed by atoms with E-state index in [4.69, 9.17) is 0 Å². The highest BCUT2D eigenvalue weighted by molar-refractivity contribution is 5.90. The van der Waals surface area contributed by atoms with Crippen LogP contribution in [-0.2, 0) is 4.79 Å². The molecule has 2 heterocycles. The van der Waals surface area contributed by atoms with Crippen LogP contribution >= 0.6 is 12.4 Å². The molecule has 0 saturated carbocycles. The van der Waals surface area contributed by atoms with Crippen LogP contribution in [0.15, 0.2) is 24.3 Å². The molecule has 2 saturated heterocycles. The third kappa shape index (κ3) is 4.65. The molecule has 2 aliphatic rings. The van der Waals surface area contributed by atoms with E-state index in [9.17, 15) is 14.0 Å². The highest BCUT2D eigenvalue weighted by Gasteiger charge is 2.33. The van der Waals surface area contributed by atoms with Gasteiger partial charge in [-0.2, -0.15) is 0 Å². The maximum absolute atomic E-state index is 13.7. The molecule has 2 atom stereocenters. The normalized spacial score (nSPS) is 23.2. The van der Waals surface area contributed by atoms with Crippen LogP contribution in [0.1, 0.15) is 19.8 Å². The second kappa shape index (κ2) is 9.19. The van der Waals surface area contributed by atoms with Gasteiger partial charge in [0.15, 0.2) is 0 Å². The minimum absolute atomic E-state index is 0. The van der Waals surface area contributed by atoms with Gasteiger partial charge in [0, 0.05) is 38.8 Å². The summed E-state index contributed by atoms with van der Waals surface area (Å²) in [5, 5.41) is 5.88. The number of piperidine rings is 1. The van der Waals surface area contributed by atoms with Gasteiger partial charge in [-0.1, -0.05) is 12.1 Å². The fourth-order valence-corrected chi connectivity index (χ4v) is 3.52. The lowest BCUT2D eigenvalue weighted by Gasteiger charge is -2.39. The maximum Gasteiger partial charge on any atom is 0.321 e. The van der Waals surface area contributed by atoms with Crippen molar-refractivity contribution in [2.75, 3.05) is 38.0 Å². The first kappa shape index (κ1) is 20.5. The molecule has 0 radical (unpaired) electrons. The van der Waals surface area contributed by atoms with Gasteiger partial charge in [-0.05, 0) is 31.9 Å². The van der Waals surface area contributed by atoms with E-state index in [0.29, 0.717) is 19.6 Å². The number of anilines is 1. The molecular formula is C18H26ClFN4O2. The molecule has 1 unspecified atom stereocenters. The van der Waals surface area contributed by atoms with Crippen LogP contribution in [0.3, 0.4) is 0 Å². The van der Waals surface area contributed by atoms with Crippen LogP contribution in [0.2, 0.25) is 0 Å². The fraction of sp³-hybridized carbons (Fsp3) is 0.556. The summed E-state index contributed by atoms with van der Waals surface area (Å²) in [7, 11) is 0. The molecule has 2 fully saturated rings. The van der Waals surface area contributed by atoms with Crippen molar-refractivity contribution in [3.05, 3.63) is 30.1 Å². The number of likely N-dealkylation sites (tertiary alicyclic amines) is 1. The lowest BCUT2D eigenvalue weighted by molar-refractivity contribution is -0.139. The number of carbonyl (C=O) groups is 2. The number of halogens is 2. The summed E-state index contributed by atoms with van der Waals surface area (Å²) in [6.45, 7) is 5.32. The minimum Gasteiger partial charge on any atom is -0.337 e. The standard InChI is InChI=1S/C18H25FN4O2.ClH/c1-13-11-20-8-10-23(13)17(24)14-5-4-9-22(12-14)18(25)21-16-7-3-2-6-15(16)19;/h2-3,6-7,13-14,20H,4-5,8-12H2,1H3,(H,21,25);1H/t13-,14?;/m1./s1. The second-order valence-corrected chi connectivity index (χ2v) is 6.78. The first-order chi connectivity index (χ1) is 12.1. The van der Waals surface area contributed by atoms with E-state index in [1.54, 1.807) is 17.0 Å². The van der Waals surface area contributed by atoms with Gasteiger partial charge in [0.2, 0.25) is 5.91 Å². The summed E-state index contributed by atoms with van der Waals surface area (Å²) in [5.74, 6) is -0.520. The van der Waals surface area contributed by atoms with Crippen LogP contribution in [0.25, 0.3) is 0 Å². The van der Waals surface area contributed by atoms with Crippen LogP contribution in [0.4, 0.5) is 14.9 Å². The Balaban J connectivity index is 0.00000243. The second-order valence-electron chi connectivity index (χ2n) is 6.78. The topological polar surface area (TPSA) is 64.7 Å². The van der Waals surface area contributed by atoms with Gasteiger partial charge >= 0.3 is 6.03 Å². The van der Waals surface area contributed by atoms with Crippen LogP contribution < -0.4 is 10.6 Å². The number of benzene rings is 1. The number of carbonyl (C=O) groups excluding carboxylic acids is 2. The monoisotopic (exact) mass is 384 g/mol. The van der Waals surface area contributed by atoms with E-state index in [2.05, 4.69) is 10.6 Å². The summed E-state index contributed by atoms with van der Waals surface area (Å²) in [4.78, 5) is 28.8. The van der Waals surface area contributed by atoms with E-state index >= 15 is 0 Å². The number of rotatable bonds is 2. The predicted molar refractivity (Wildman–Crippen MR) is 101 cm³/mol. The molecule has 26 heavy (non-hydrogen) atoms. The van der Waals surface area contributed by atoms with E-state index < -0.39 is 5.82 Å². The van der Waals surface area contributed by atoms with E-state index in [1.807, 2.05) is 11.8 Å². The quantitative estimate of drug-likeness (QED) is 0.822. The van der Waals surface area contributed by atoms with Gasteiger partial charge in [0.25, 0.3) is 0 Å². The number of piperazine rings is 1. The fourth-order valence-electron chi connectivity index (χ4n) is 3.52. The Labute approximate surface area is 159 Å². The van der Waals surface area contributed by atoms with Crippen molar-refractivity contribution in [2.24, 2.45) is 5.92 Å². The molecule has 0 aromatic heterocycles. The third-order valence-corrected chi connectivity index (χ3v) is 4.96. The Kier molecular flexibility index (Phi) is 7.23. The summed E-state index contributed by atoms with van der Waals surface area (Å²) in [6, 6.07) is 5.91. The molecule has 3 amide bonds. The van der Waals surface area contributed by atoms with Gasteiger partial charge in [-0.15, -0.1) is 12.4 Å². The van der Waals surface area contributed by atoms with Crippen molar-refractivity contribution in [1.82, 2.24) is 15.1 Å². The van der Waals surface area contributed by atoms with Gasteiger partial charge in [0.1, 0.15) is 5.82 Å². The van der Waals surface area contributed by atoms with E-state index in [0.717, 1.165) is 25.9 Å². The first-order valence-electron chi connectivity index (χ1n) is 8.88. The molecule has 0 bridgehead atoms. The predicted octanol–water partition coefficient (Wildman–Crippen LogP) is 2.31. The number of amides is 3. The van der Waals surface area contributed by atoms with Gasteiger partial charge in [-0.3, -0.25) is 4.79 Å². The Morgan fingerprint density at radius 3 is 2.77 bits per heavy atom. The van der Waals surface area contributed by atoms with Crippen molar-refractivity contribution in [3.8, 4) is 0 Å². The summed E-state index contributed by atoms with van der Waals surface area (Å²) in [6.07, 6.45) is 1.57. The Bertz CT molecular complexity index is 645. The summed E-state index contributed by atoms with van der Waals surface area (Å²) < 4.78 is 13.7. The molecule has 0 aliphatic carbocycles. The molecule has 0 spiro atoms. The number of urea groups is 1. The molecule has 2 N–H and O–H groups in total. The number of para-hydroxylation sites is 1. The molecular weight excluding hydrogens is 359 g/mol. The average molecular weight is 385 g/mol. The van der Waals surface area contributed by atoms with Crippen LogP contribution in [0.5, 0.6) is 0 Å². The van der Waals surface area contributed by atoms with E-state index in [1.165, 1.54) is 12.1 Å². The molecule has 1 aromatic carbocycles. The van der Waals surface area contributed by atoms with Crippen molar-refractivity contribution < 1.29 is 14.0 Å². The van der Waals surface area contributed by atoms with Gasteiger partial charge in [0.05, 0.1) is 11.6 Å². The first-order valence-corrected chi connectivity index (χ1v) is 8.88. The van der Waals surface area contributed by atoms with Crippen LogP contribution in [-0.4, -0.2) is 60.5 Å². The smallest absolute Gasteiger partial charge is 0.321 e. The summed E-state index contributed by atoms with van der Waals surface area (Å²) >= 11 is 0. The lowest BCUT2D eigenvalue weighted by atomic mass is 9.95. The molecule has 8 heteroatoms. The highest BCUT2D eigenvalue weighted by Crippen LogP contribution is 2.22. The number of hydrogen-bond donors (Lipinski definition) is 2. The zero-order valence-corrected chi connectivity index (χ0v) is 15.7. The van der Waals surface area contributed by atoms with Gasteiger partial charge < -0.3 is 20.4 Å². The molecule has 6 nitrogen and oxygen atoms in total. The van der Waals surface area contributed by atoms with Crippen molar-refractivity contribution >= 4 is 30.0 Å². The highest BCUT2D eigenvalue weighted by atomic mass is 35.5. The molecule has 144 valence electrons. The Morgan fingerprint density at radius 1 is 1.27 bits per heavy atom. The minimum atomic E-state index is -0.463.